The molecule has 0 radical (unpaired) electrons. The Hall–Kier alpha value is -1.12. The first-order chi connectivity index (χ1) is 10.3. The Kier molecular flexibility index (Phi) is 5.46. The third-order valence-electron chi connectivity index (χ3n) is 3.73. The first kappa shape index (κ1) is 17.2. The van der Waals surface area contributed by atoms with Crippen molar-refractivity contribution in [1.82, 2.24) is 9.62 Å². The van der Waals surface area contributed by atoms with Gasteiger partial charge in [0, 0.05) is 6.54 Å². The van der Waals surface area contributed by atoms with Crippen LogP contribution in [0.4, 0.5) is 13.2 Å². The molecule has 0 aromatic heterocycles. The topological polar surface area (TPSA) is 49.4 Å². The van der Waals surface area contributed by atoms with Crippen molar-refractivity contribution in [2.75, 3.05) is 26.2 Å². The molecular formula is C14H19F3N2O2S. The third-order valence-corrected chi connectivity index (χ3v) is 5.17. The van der Waals surface area contributed by atoms with E-state index >= 15 is 0 Å². The first-order valence-electron chi connectivity index (χ1n) is 7.10. The van der Waals surface area contributed by atoms with Crippen LogP contribution >= 0.6 is 0 Å². The SMILES string of the molecule is O=S(=O)(NCC1CCN(CC(F)(F)F)CC1)c1ccccc1. The number of benzene rings is 1. The van der Waals surface area contributed by atoms with E-state index in [-0.39, 0.29) is 17.4 Å². The maximum atomic E-state index is 12.3. The Morgan fingerprint density at radius 1 is 1.14 bits per heavy atom. The van der Waals surface area contributed by atoms with Crippen molar-refractivity contribution in [3.8, 4) is 0 Å². The molecule has 1 aliphatic heterocycles. The minimum absolute atomic E-state index is 0.0722. The number of nitrogens with zero attached hydrogens (tertiary/aromatic N) is 1. The molecule has 1 saturated heterocycles. The number of halogens is 3. The second-order valence-corrected chi connectivity index (χ2v) is 7.27. The van der Waals surface area contributed by atoms with E-state index in [1.165, 1.54) is 17.0 Å². The molecule has 1 aromatic carbocycles. The van der Waals surface area contributed by atoms with Crippen LogP contribution in [-0.4, -0.2) is 45.7 Å². The van der Waals surface area contributed by atoms with Crippen molar-refractivity contribution in [3.05, 3.63) is 30.3 Å². The Labute approximate surface area is 128 Å². The lowest BCUT2D eigenvalue weighted by Crippen LogP contribution is -2.42. The fourth-order valence-electron chi connectivity index (χ4n) is 2.51. The zero-order valence-electron chi connectivity index (χ0n) is 12.0. The van der Waals surface area contributed by atoms with Gasteiger partial charge in [0.25, 0.3) is 0 Å². The average molecular weight is 336 g/mol. The molecule has 1 N–H and O–H groups in total. The molecule has 1 aliphatic rings. The van der Waals surface area contributed by atoms with Gasteiger partial charge in [-0.1, -0.05) is 18.2 Å². The molecule has 0 aliphatic carbocycles. The van der Waals surface area contributed by atoms with Crippen LogP contribution in [-0.2, 0) is 10.0 Å². The van der Waals surface area contributed by atoms with Crippen LogP contribution in [0.2, 0.25) is 0 Å². The number of piperidine rings is 1. The molecule has 1 heterocycles. The fraction of sp³-hybridized carbons (Fsp3) is 0.571. The van der Waals surface area contributed by atoms with Crippen molar-refractivity contribution in [2.45, 2.75) is 23.9 Å². The summed E-state index contributed by atoms with van der Waals surface area (Å²) < 4.78 is 63.5. The lowest BCUT2D eigenvalue weighted by atomic mass is 9.97. The molecule has 0 atom stereocenters. The molecule has 0 saturated carbocycles. The van der Waals surface area contributed by atoms with Gasteiger partial charge in [0.15, 0.2) is 0 Å². The lowest BCUT2D eigenvalue weighted by molar-refractivity contribution is -0.148. The van der Waals surface area contributed by atoms with Crippen LogP contribution in [0.5, 0.6) is 0 Å². The van der Waals surface area contributed by atoms with Gasteiger partial charge >= 0.3 is 6.18 Å². The van der Waals surface area contributed by atoms with Crippen LogP contribution in [0.1, 0.15) is 12.8 Å². The number of hydrogen-bond acceptors (Lipinski definition) is 3. The molecule has 8 heteroatoms. The first-order valence-corrected chi connectivity index (χ1v) is 8.58. The smallest absolute Gasteiger partial charge is 0.295 e. The summed E-state index contributed by atoms with van der Waals surface area (Å²) in [5.41, 5.74) is 0. The zero-order chi connectivity index (χ0) is 16.2. The largest absolute Gasteiger partial charge is 0.401 e. The molecule has 4 nitrogen and oxygen atoms in total. The summed E-state index contributed by atoms with van der Waals surface area (Å²) in [6, 6.07) is 8.03. The van der Waals surface area contributed by atoms with Gasteiger partial charge in [-0.2, -0.15) is 13.2 Å². The number of hydrogen-bond donors (Lipinski definition) is 1. The summed E-state index contributed by atoms with van der Waals surface area (Å²) in [7, 11) is -3.55. The predicted molar refractivity (Wildman–Crippen MR) is 76.8 cm³/mol. The van der Waals surface area contributed by atoms with Gasteiger partial charge in [-0.25, -0.2) is 13.1 Å². The quantitative estimate of drug-likeness (QED) is 0.897. The van der Waals surface area contributed by atoms with E-state index in [9.17, 15) is 21.6 Å². The van der Waals surface area contributed by atoms with Gasteiger partial charge in [0.05, 0.1) is 11.4 Å². The summed E-state index contributed by atoms with van der Waals surface area (Å²) in [6.07, 6.45) is -3.05. The van der Waals surface area contributed by atoms with E-state index < -0.39 is 22.7 Å². The highest BCUT2D eigenvalue weighted by atomic mass is 32.2. The molecule has 1 aromatic rings. The molecule has 2 rings (SSSR count). The van der Waals surface area contributed by atoms with Crippen molar-refractivity contribution >= 4 is 10.0 Å². The molecule has 22 heavy (non-hydrogen) atoms. The summed E-state index contributed by atoms with van der Waals surface area (Å²) in [4.78, 5) is 1.56. The highest BCUT2D eigenvalue weighted by Gasteiger charge is 2.32. The molecule has 124 valence electrons. The van der Waals surface area contributed by atoms with Gasteiger partial charge in [-0.3, -0.25) is 4.90 Å². The Morgan fingerprint density at radius 3 is 2.27 bits per heavy atom. The minimum Gasteiger partial charge on any atom is -0.295 e. The number of alkyl halides is 3. The van der Waals surface area contributed by atoms with Gasteiger partial charge in [0.2, 0.25) is 10.0 Å². The maximum Gasteiger partial charge on any atom is 0.401 e. The maximum absolute atomic E-state index is 12.3. The van der Waals surface area contributed by atoms with Crippen LogP contribution in [0.15, 0.2) is 35.2 Å². The predicted octanol–water partition coefficient (Wildman–Crippen LogP) is 2.24. The standard InChI is InChI=1S/C14H19F3N2O2S/c15-14(16,17)11-19-8-6-12(7-9-19)10-18-22(20,21)13-4-2-1-3-5-13/h1-5,12,18H,6-11H2. The Balaban J connectivity index is 1.80. The van der Waals surface area contributed by atoms with E-state index in [1.54, 1.807) is 18.2 Å². The summed E-state index contributed by atoms with van der Waals surface area (Å²) in [6.45, 7) is 0.0566. The van der Waals surface area contributed by atoms with Crippen LogP contribution in [0.3, 0.4) is 0 Å². The molecule has 0 bridgehead atoms. The zero-order valence-corrected chi connectivity index (χ0v) is 12.8. The van der Waals surface area contributed by atoms with Gasteiger partial charge < -0.3 is 0 Å². The third kappa shape index (κ3) is 5.26. The van der Waals surface area contributed by atoms with Gasteiger partial charge in [0.1, 0.15) is 0 Å². The van der Waals surface area contributed by atoms with Crippen molar-refractivity contribution in [3.63, 3.8) is 0 Å². The Bertz CT molecular complexity index is 568. The number of likely N-dealkylation sites (tertiary alicyclic amines) is 1. The number of sulfonamides is 1. The van der Waals surface area contributed by atoms with E-state index in [4.69, 9.17) is 0 Å². The lowest BCUT2D eigenvalue weighted by Gasteiger charge is -2.32. The van der Waals surface area contributed by atoms with E-state index in [1.807, 2.05) is 0 Å². The van der Waals surface area contributed by atoms with Crippen molar-refractivity contribution in [1.29, 1.82) is 0 Å². The molecule has 0 amide bonds. The number of rotatable bonds is 5. The molecule has 1 fully saturated rings. The molecule has 0 spiro atoms. The second-order valence-electron chi connectivity index (χ2n) is 5.50. The van der Waals surface area contributed by atoms with Gasteiger partial charge in [-0.05, 0) is 44.0 Å². The molecular weight excluding hydrogens is 317 g/mol. The van der Waals surface area contributed by atoms with Crippen molar-refractivity contribution < 1.29 is 21.6 Å². The normalized spacial score (nSPS) is 18.5. The van der Waals surface area contributed by atoms with E-state index in [0.717, 1.165) is 0 Å². The number of nitrogens with one attached hydrogen (secondary N) is 1. The van der Waals surface area contributed by atoms with Crippen LogP contribution < -0.4 is 4.72 Å². The molecule has 0 unspecified atom stereocenters. The summed E-state index contributed by atoms with van der Waals surface area (Å²) in [5.74, 6) is 0.0722. The summed E-state index contributed by atoms with van der Waals surface area (Å²) >= 11 is 0. The highest BCUT2D eigenvalue weighted by molar-refractivity contribution is 7.89. The van der Waals surface area contributed by atoms with Crippen LogP contribution in [0.25, 0.3) is 0 Å². The van der Waals surface area contributed by atoms with E-state index in [2.05, 4.69) is 4.72 Å². The summed E-state index contributed by atoms with van der Waals surface area (Å²) in [5, 5.41) is 0. The van der Waals surface area contributed by atoms with Gasteiger partial charge in [-0.15, -0.1) is 0 Å². The fourth-order valence-corrected chi connectivity index (χ4v) is 3.65. The van der Waals surface area contributed by atoms with Crippen molar-refractivity contribution in [2.24, 2.45) is 5.92 Å². The van der Waals surface area contributed by atoms with E-state index in [0.29, 0.717) is 25.9 Å². The monoisotopic (exact) mass is 336 g/mol. The van der Waals surface area contributed by atoms with Crippen LogP contribution in [0, 0.1) is 5.92 Å². The highest BCUT2D eigenvalue weighted by Crippen LogP contribution is 2.22. The average Bonchev–Trinajstić information content (AvgIpc) is 2.46. The Morgan fingerprint density at radius 2 is 1.73 bits per heavy atom. The minimum atomic E-state index is -4.18. The second kappa shape index (κ2) is 6.97.